The molecule has 0 aliphatic carbocycles. The van der Waals surface area contributed by atoms with Gasteiger partial charge in [-0.25, -0.2) is 4.79 Å². The number of hydrogen-bond acceptors (Lipinski definition) is 2. The Morgan fingerprint density at radius 1 is 1.00 bits per heavy atom. The molecule has 0 aromatic heterocycles. The predicted molar refractivity (Wildman–Crippen MR) is 84.0 cm³/mol. The van der Waals surface area contributed by atoms with Crippen LogP contribution >= 0.6 is 0 Å². The highest BCUT2D eigenvalue weighted by Crippen LogP contribution is 2.09. The highest BCUT2D eigenvalue weighted by atomic mass is 16.5. The summed E-state index contributed by atoms with van der Waals surface area (Å²) in [6.45, 7) is 2.25. The third kappa shape index (κ3) is 12.2. The van der Waals surface area contributed by atoms with Crippen LogP contribution in [0.3, 0.4) is 0 Å². The van der Waals surface area contributed by atoms with Gasteiger partial charge in [0.1, 0.15) is 0 Å². The smallest absolute Gasteiger partial charge is 0.332 e. The van der Waals surface area contributed by atoms with E-state index in [1.165, 1.54) is 52.1 Å². The molecule has 0 unspecified atom stereocenters. The lowest BCUT2D eigenvalue weighted by Crippen LogP contribution is -2.21. The summed E-state index contributed by atoms with van der Waals surface area (Å²) < 4.78 is 4.89. The predicted octanol–water partition coefficient (Wildman–Crippen LogP) is 4.95. The van der Waals surface area contributed by atoms with Gasteiger partial charge >= 0.3 is 5.97 Å². The number of allylic oxidation sites excluding steroid dienone is 2. The van der Waals surface area contributed by atoms with Crippen LogP contribution < -0.4 is 0 Å². The van der Waals surface area contributed by atoms with Crippen LogP contribution in [0.25, 0.3) is 0 Å². The van der Waals surface area contributed by atoms with Gasteiger partial charge in [-0.2, -0.15) is 0 Å². The first-order valence-electron chi connectivity index (χ1n) is 8.13. The molecule has 1 N–H and O–H groups in total. The summed E-state index contributed by atoms with van der Waals surface area (Å²) in [4.78, 5) is 10.7. The largest absolute Gasteiger partial charge is 0.479 e. The number of aliphatic carboxylic acids is 1. The first kappa shape index (κ1) is 19.2. The van der Waals surface area contributed by atoms with Crippen molar-refractivity contribution in [3.05, 3.63) is 12.2 Å². The molecule has 0 saturated carbocycles. The molecule has 0 aliphatic rings. The highest BCUT2D eigenvalue weighted by Gasteiger charge is 2.14. The number of methoxy groups -OCH3 is 1. The Morgan fingerprint density at radius 2 is 1.55 bits per heavy atom. The van der Waals surface area contributed by atoms with Crippen LogP contribution in [0.4, 0.5) is 0 Å². The van der Waals surface area contributed by atoms with E-state index < -0.39 is 12.1 Å². The van der Waals surface area contributed by atoms with E-state index in [0.29, 0.717) is 6.42 Å². The maximum atomic E-state index is 10.7. The van der Waals surface area contributed by atoms with E-state index >= 15 is 0 Å². The molecular formula is C17H32O3. The molecule has 118 valence electrons. The van der Waals surface area contributed by atoms with Crippen LogP contribution in [0.15, 0.2) is 12.2 Å². The Morgan fingerprint density at radius 3 is 2.10 bits per heavy atom. The summed E-state index contributed by atoms with van der Waals surface area (Å²) >= 11 is 0. The average Bonchev–Trinajstić information content (AvgIpc) is 2.43. The van der Waals surface area contributed by atoms with E-state index in [2.05, 4.69) is 19.1 Å². The normalized spacial score (nSPS) is 12.9. The first-order chi connectivity index (χ1) is 9.72. The standard InChI is InChI=1S/C17H32O3/c1-3-4-5-6-7-8-9-10-11-12-13-14-15-16(20-2)17(18)19/h11-12,16H,3-10,13-15H2,1-2H3,(H,18,19)/b12-11-/t16-/m1/s1. The summed E-state index contributed by atoms with van der Waals surface area (Å²) in [5, 5.41) is 8.81. The number of rotatable bonds is 14. The zero-order valence-electron chi connectivity index (χ0n) is 13.3. The second-order valence-electron chi connectivity index (χ2n) is 5.37. The molecule has 0 bridgehead atoms. The molecule has 3 nitrogen and oxygen atoms in total. The second-order valence-corrected chi connectivity index (χ2v) is 5.37. The molecule has 0 fully saturated rings. The molecule has 3 heteroatoms. The summed E-state index contributed by atoms with van der Waals surface area (Å²) in [6, 6.07) is 0. The van der Waals surface area contributed by atoms with Crippen molar-refractivity contribution in [3.63, 3.8) is 0 Å². The molecule has 0 aliphatic heterocycles. The van der Waals surface area contributed by atoms with Crippen molar-refractivity contribution in [2.45, 2.75) is 83.7 Å². The Kier molecular flexibility index (Phi) is 14.0. The van der Waals surface area contributed by atoms with Crippen molar-refractivity contribution >= 4 is 5.97 Å². The lowest BCUT2D eigenvalue weighted by Gasteiger charge is -2.08. The second kappa shape index (κ2) is 14.6. The van der Waals surface area contributed by atoms with E-state index in [9.17, 15) is 4.79 Å². The molecule has 1 atom stereocenters. The molecule has 0 saturated heterocycles. The van der Waals surface area contributed by atoms with Gasteiger partial charge in [-0.15, -0.1) is 0 Å². The van der Waals surface area contributed by atoms with Gasteiger partial charge in [-0.3, -0.25) is 0 Å². The fourth-order valence-electron chi connectivity index (χ4n) is 2.22. The Balaban J connectivity index is 3.30. The molecule has 0 aromatic carbocycles. The van der Waals surface area contributed by atoms with Crippen LogP contribution in [-0.4, -0.2) is 24.3 Å². The van der Waals surface area contributed by atoms with Gasteiger partial charge in [0.25, 0.3) is 0 Å². The van der Waals surface area contributed by atoms with Crippen molar-refractivity contribution in [2.75, 3.05) is 7.11 Å². The van der Waals surface area contributed by atoms with Crippen molar-refractivity contribution in [1.82, 2.24) is 0 Å². The van der Waals surface area contributed by atoms with Crippen molar-refractivity contribution in [3.8, 4) is 0 Å². The van der Waals surface area contributed by atoms with Gasteiger partial charge in [0.2, 0.25) is 0 Å². The van der Waals surface area contributed by atoms with Gasteiger partial charge in [0.05, 0.1) is 0 Å². The quantitative estimate of drug-likeness (QED) is 0.362. The van der Waals surface area contributed by atoms with Crippen LogP contribution in [0, 0.1) is 0 Å². The number of hydrogen-bond donors (Lipinski definition) is 1. The number of unbranched alkanes of at least 4 members (excludes halogenated alkanes) is 8. The fraction of sp³-hybridized carbons (Fsp3) is 0.824. The van der Waals surface area contributed by atoms with Crippen LogP contribution in [0.5, 0.6) is 0 Å². The fourth-order valence-corrected chi connectivity index (χ4v) is 2.22. The summed E-state index contributed by atoms with van der Waals surface area (Å²) in [6.07, 6.45) is 16.7. The van der Waals surface area contributed by atoms with Gasteiger partial charge < -0.3 is 9.84 Å². The topological polar surface area (TPSA) is 46.5 Å². The van der Waals surface area contributed by atoms with Gasteiger partial charge in [-0.1, -0.05) is 57.6 Å². The zero-order valence-corrected chi connectivity index (χ0v) is 13.3. The molecule has 0 spiro atoms. The minimum absolute atomic E-state index is 0.591. The average molecular weight is 284 g/mol. The maximum absolute atomic E-state index is 10.7. The number of carboxylic acid groups (broad SMARTS) is 1. The first-order valence-corrected chi connectivity index (χ1v) is 8.13. The zero-order chi connectivity index (χ0) is 15.1. The lowest BCUT2D eigenvalue weighted by atomic mass is 10.1. The number of carboxylic acids is 1. The molecule has 20 heavy (non-hydrogen) atoms. The third-order valence-electron chi connectivity index (χ3n) is 3.54. The summed E-state index contributed by atoms with van der Waals surface area (Å²) in [5.41, 5.74) is 0. The molecule has 0 aromatic rings. The Bertz CT molecular complexity index is 249. The molecule has 0 radical (unpaired) electrons. The minimum atomic E-state index is -0.862. The van der Waals surface area contributed by atoms with Crippen LogP contribution in [0.1, 0.15) is 77.6 Å². The highest BCUT2D eigenvalue weighted by molar-refractivity contribution is 5.72. The van der Waals surface area contributed by atoms with Crippen molar-refractivity contribution in [1.29, 1.82) is 0 Å². The van der Waals surface area contributed by atoms with E-state index in [0.717, 1.165) is 19.3 Å². The van der Waals surface area contributed by atoms with Crippen molar-refractivity contribution in [2.24, 2.45) is 0 Å². The summed E-state index contributed by atoms with van der Waals surface area (Å²) in [7, 11) is 1.45. The third-order valence-corrected chi connectivity index (χ3v) is 3.54. The number of ether oxygens (including phenoxy) is 1. The lowest BCUT2D eigenvalue weighted by molar-refractivity contribution is -0.148. The molecule has 0 heterocycles. The maximum Gasteiger partial charge on any atom is 0.332 e. The van der Waals surface area contributed by atoms with Crippen LogP contribution in [0.2, 0.25) is 0 Å². The Labute approximate surface area is 124 Å². The molecular weight excluding hydrogens is 252 g/mol. The van der Waals surface area contributed by atoms with E-state index in [-0.39, 0.29) is 0 Å². The van der Waals surface area contributed by atoms with E-state index in [1.54, 1.807) is 0 Å². The molecule has 0 rings (SSSR count). The van der Waals surface area contributed by atoms with Gasteiger partial charge in [-0.05, 0) is 32.1 Å². The molecule has 0 amide bonds. The van der Waals surface area contributed by atoms with E-state index in [4.69, 9.17) is 9.84 Å². The summed E-state index contributed by atoms with van der Waals surface area (Å²) in [5.74, 6) is -0.862. The van der Waals surface area contributed by atoms with Gasteiger partial charge in [0.15, 0.2) is 6.10 Å². The monoisotopic (exact) mass is 284 g/mol. The van der Waals surface area contributed by atoms with Crippen LogP contribution in [-0.2, 0) is 9.53 Å². The minimum Gasteiger partial charge on any atom is -0.479 e. The number of carbonyl (C=O) groups is 1. The van der Waals surface area contributed by atoms with Crippen molar-refractivity contribution < 1.29 is 14.6 Å². The SMILES string of the molecule is CCCCCCCCC/C=C\CCC[C@@H](OC)C(=O)O. The van der Waals surface area contributed by atoms with E-state index in [1.807, 2.05) is 0 Å². The van der Waals surface area contributed by atoms with Gasteiger partial charge in [0, 0.05) is 7.11 Å². The Hall–Kier alpha value is -0.830.